The van der Waals surface area contributed by atoms with Gasteiger partial charge >= 0.3 is 0 Å². The molecule has 0 fully saturated rings. The van der Waals surface area contributed by atoms with E-state index in [-0.39, 0.29) is 15.7 Å². The van der Waals surface area contributed by atoms with E-state index in [2.05, 4.69) is 50.5 Å². The van der Waals surface area contributed by atoms with Crippen LogP contribution in [0.4, 0.5) is 5.13 Å². The van der Waals surface area contributed by atoms with Gasteiger partial charge in [0, 0.05) is 10.2 Å². The molecule has 2 aromatic heterocycles. The van der Waals surface area contributed by atoms with Crippen molar-refractivity contribution < 1.29 is 17.6 Å². The molecule has 32 heavy (non-hydrogen) atoms. The van der Waals surface area contributed by atoms with E-state index in [9.17, 15) is 13.2 Å². The van der Waals surface area contributed by atoms with Gasteiger partial charge < -0.3 is 4.42 Å². The van der Waals surface area contributed by atoms with Gasteiger partial charge in [-0.15, -0.1) is 10.2 Å². The average Bonchev–Trinajstić information content (AvgIpc) is 3.44. The minimum absolute atomic E-state index is 0.0708. The summed E-state index contributed by atoms with van der Waals surface area (Å²) in [6, 6.07) is 16.8. The van der Waals surface area contributed by atoms with Crippen molar-refractivity contribution in [2.24, 2.45) is 0 Å². The van der Waals surface area contributed by atoms with Crippen molar-refractivity contribution >= 4 is 59.9 Å². The highest BCUT2D eigenvalue weighted by atomic mass is 79.9. The predicted molar refractivity (Wildman–Crippen MR) is 127 cm³/mol. The molecule has 11 heteroatoms. The van der Waals surface area contributed by atoms with Crippen molar-refractivity contribution in [3.63, 3.8) is 0 Å². The number of thioether (sulfide) groups is 1. The van der Waals surface area contributed by atoms with Crippen LogP contribution in [0.3, 0.4) is 0 Å². The molecule has 0 unspecified atom stereocenters. The molecule has 2 aromatic carbocycles. The normalized spacial score (nSPS) is 11.4. The Hall–Kier alpha value is -2.47. The number of halogens is 1. The van der Waals surface area contributed by atoms with E-state index in [0.29, 0.717) is 9.47 Å². The van der Waals surface area contributed by atoms with Gasteiger partial charge in [-0.05, 0) is 54.4 Å². The maximum atomic E-state index is 12.7. The van der Waals surface area contributed by atoms with E-state index in [1.807, 2.05) is 12.1 Å². The maximum Gasteiger partial charge on any atom is 0.293 e. The van der Waals surface area contributed by atoms with Gasteiger partial charge in [-0.2, -0.15) is 0 Å². The third-order valence-electron chi connectivity index (χ3n) is 4.43. The van der Waals surface area contributed by atoms with Crippen LogP contribution in [-0.4, -0.2) is 24.5 Å². The van der Waals surface area contributed by atoms with Gasteiger partial charge in [-0.25, -0.2) is 8.42 Å². The Kier molecular flexibility index (Phi) is 6.79. The summed E-state index contributed by atoms with van der Waals surface area (Å²) in [4.78, 5) is 12.6. The van der Waals surface area contributed by atoms with E-state index in [1.165, 1.54) is 58.5 Å². The van der Waals surface area contributed by atoms with Crippen LogP contribution >= 0.6 is 39.0 Å². The highest BCUT2D eigenvalue weighted by Gasteiger charge is 2.24. The van der Waals surface area contributed by atoms with Crippen LogP contribution in [0.15, 0.2) is 83.9 Å². The van der Waals surface area contributed by atoms with E-state index in [0.717, 1.165) is 10.2 Å². The minimum Gasteiger partial charge on any atom is -0.439 e. The van der Waals surface area contributed by atoms with Crippen LogP contribution in [0.5, 0.6) is 0 Å². The van der Waals surface area contributed by atoms with Crippen molar-refractivity contribution in [2.75, 3.05) is 5.32 Å². The number of hydrogen-bond acceptors (Lipinski definition) is 8. The molecule has 4 aromatic rings. The summed E-state index contributed by atoms with van der Waals surface area (Å²) in [6.07, 6.45) is 0. The first kappa shape index (κ1) is 22.7. The molecule has 0 atom stereocenters. The second-order valence-corrected chi connectivity index (χ2v) is 11.6. The Bertz CT molecular complexity index is 1360. The largest absolute Gasteiger partial charge is 0.439 e. The summed E-state index contributed by atoms with van der Waals surface area (Å²) in [7, 11) is -3.87. The zero-order chi connectivity index (χ0) is 22.7. The molecule has 0 radical (unpaired) electrons. The van der Waals surface area contributed by atoms with E-state index in [1.54, 1.807) is 12.1 Å². The zero-order valence-electron chi connectivity index (χ0n) is 16.6. The fourth-order valence-electron chi connectivity index (χ4n) is 2.71. The summed E-state index contributed by atoms with van der Waals surface area (Å²) in [5.74, 6) is 0.00362. The fraction of sp³-hybridized carbons (Fsp3) is 0.0952. The first-order valence-electron chi connectivity index (χ1n) is 9.25. The molecule has 164 valence electrons. The number of anilines is 1. The Morgan fingerprint density at radius 2 is 1.84 bits per heavy atom. The Morgan fingerprint density at radius 3 is 2.59 bits per heavy atom. The molecule has 1 N–H and O–H groups in total. The second kappa shape index (κ2) is 9.57. The molecule has 4 rings (SSSR count). The summed E-state index contributed by atoms with van der Waals surface area (Å²) >= 11 is 6.03. The van der Waals surface area contributed by atoms with Gasteiger partial charge in [-0.1, -0.05) is 63.3 Å². The van der Waals surface area contributed by atoms with Crippen molar-refractivity contribution in [1.29, 1.82) is 0 Å². The number of furan rings is 1. The molecule has 2 heterocycles. The quantitative estimate of drug-likeness (QED) is 0.237. The molecule has 0 saturated heterocycles. The van der Waals surface area contributed by atoms with Gasteiger partial charge in [0.15, 0.2) is 10.1 Å². The van der Waals surface area contributed by atoms with Crippen LogP contribution in [-0.2, 0) is 15.6 Å². The van der Waals surface area contributed by atoms with Gasteiger partial charge in [0.25, 0.3) is 5.91 Å². The van der Waals surface area contributed by atoms with Crippen molar-refractivity contribution in [3.8, 4) is 0 Å². The van der Waals surface area contributed by atoms with Crippen LogP contribution in [0.25, 0.3) is 0 Å². The smallest absolute Gasteiger partial charge is 0.293 e. The molecule has 0 aliphatic rings. The third kappa shape index (κ3) is 5.12. The maximum absolute atomic E-state index is 12.7. The third-order valence-corrected chi connectivity index (χ3v) is 8.62. The summed E-state index contributed by atoms with van der Waals surface area (Å²) < 4.78 is 32.2. The standard InChI is InChI=1S/C21H16BrN3O4S3/c1-13-4-2-3-5-14(13)12-30-21-25-24-20(31-21)23-19(26)17-10-11-18(29-17)32(27,28)16-8-6-15(22)7-9-16/h2-11H,12H2,1H3,(H,23,24,26). The monoisotopic (exact) mass is 549 g/mol. The van der Waals surface area contributed by atoms with Crippen LogP contribution in [0.2, 0.25) is 0 Å². The Labute approximate surface area is 201 Å². The number of hydrogen-bond donors (Lipinski definition) is 1. The topological polar surface area (TPSA) is 102 Å². The minimum atomic E-state index is -3.87. The highest BCUT2D eigenvalue weighted by Crippen LogP contribution is 2.30. The molecule has 0 aliphatic carbocycles. The number of aryl methyl sites for hydroxylation is 1. The number of sulfone groups is 1. The average molecular weight is 550 g/mol. The molecule has 0 saturated carbocycles. The van der Waals surface area contributed by atoms with Crippen molar-refractivity contribution in [1.82, 2.24) is 10.2 Å². The van der Waals surface area contributed by atoms with Gasteiger partial charge in [0.1, 0.15) is 0 Å². The fourth-order valence-corrected chi connectivity index (χ4v) is 5.97. The lowest BCUT2D eigenvalue weighted by molar-refractivity contribution is 0.0991. The number of benzene rings is 2. The number of nitrogens with zero attached hydrogens (tertiary/aromatic N) is 2. The van der Waals surface area contributed by atoms with Gasteiger partial charge in [0.05, 0.1) is 4.90 Å². The summed E-state index contributed by atoms with van der Waals surface area (Å²) in [5, 5.41) is 10.7. The molecular weight excluding hydrogens is 534 g/mol. The van der Waals surface area contributed by atoms with Gasteiger partial charge in [0.2, 0.25) is 20.1 Å². The number of carbonyl (C=O) groups excluding carboxylic acids is 1. The molecular formula is C21H16BrN3O4S3. The van der Waals surface area contributed by atoms with E-state index >= 15 is 0 Å². The van der Waals surface area contributed by atoms with E-state index in [4.69, 9.17) is 4.42 Å². The van der Waals surface area contributed by atoms with E-state index < -0.39 is 15.7 Å². The van der Waals surface area contributed by atoms with Gasteiger partial charge in [-0.3, -0.25) is 10.1 Å². The number of nitrogens with one attached hydrogen (secondary N) is 1. The SMILES string of the molecule is Cc1ccccc1CSc1nnc(NC(=O)c2ccc(S(=O)(=O)c3ccc(Br)cc3)o2)s1. The van der Waals surface area contributed by atoms with Crippen LogP contribution in [0.1, 0.15) is 21.7 Å². The highest BCUT2D eigenvalue weighted by molar-refractivity contribution is 9.10. The number of aromatic nitrogens is 2. The van der Waals surface area contributed by atoms with Crippen LogP contribution < -0.4 is 5.32 Å². The van der Waals surface area contributed by atoms with Crippen molar-refractivity contribution in [3.05, 3.63) is 82.0 Å². The van der Waals surface area contributed by atoms with Crippen LogP contribution in [0, 0.1) is 6.92 Å². The molecule has 0 aliphatic heterocycles. The first-order chi connectivity index (χ1) is 15.3. The lowest BCUT2D eigenvalue weighted by atomic mass is 10.1. The Balaban J connectivity index is 1.41. The zero-order valence-corrected chi connectivity index (χ0v) is 20.6. The summed E-state index contributed by atoms with van der Waals surface area (Å²) in [6.45, 7) is 2.05. The first-order valence-corrected chi connectivity index (χ1v) is 13.3. The second-order valence-electron chi connectivity index (χ2n) is 6.62. The Morgan fingerprint density at radius 1 is 1.09 bits per heavy atom. The lowest BCUT2D eigenvalue weighted by Gasteiger charge is -2.02. The predicted octanol–water partition coefficient (Wildman–Crippen LogP) is 5.58. The number of rotatable bonds is 7. The molecule has 7 nitrogen and oxygen atoms in total. The molecule has 0 bridgehead atoms. The molecule has 1 amide bonds. The summed E-state index contributed by atoms with van der Waals surface area (Å²) in [5.41, 5.74) is 2.40. The molecule has 0 spiro atoms. The lowest BCUT2D eigenvalue weighted by Crippen LogP contribution is -2.10. The number of carbonyl (C=O) groups is 1. The van der Waals surface area contributed by atoms with Crippen molar-refractivity contribution in [2.45, 2.75) is 27.0 Å². The number of amides is 1.